The van der Waals surface area contributed by atoms with Crippen molar-refractivity contribution < 1.29 is 23.5 Å². The molecule has 2 rings (SSSR count). The third-order valence-corrected chi connectivity index (χ3v) is 3.63. The van der Waals surface area contributed by atoms with Crippen molar-refractivity contribution in [3.63, 3.8) is 0 Å². The molecular formula is C19H24N2O5. The van der Waals surface area contributed by atoms with Crippen LogP contribution in [0.2, 0.25) is 0 Å². The number of nitrogens with one attached hydrogen (secondary N) is 2. The number of benzene rings is 1. The number of furan rings is 1. The zero-order valence-corrected chi connectivity index (χ0v) is 15.0. The fourth-order valence-electron chi connectivity index (χ4n) is 2.18. The van der Waals surface area contributed by atoms with Crippen molar-refractivity contribution >= 4 is 11.8 Å². The molecule has 0 unspecified atom stereocenters. The summed E-state index contributed by atoms with van der Waals surface area (Å²) in [6.07, 6.45) is 3.51. The van der Waals surface area contributed by atoms with Crippen LogP contribution in [0.1, 0.15) is 35.9 Å². The second-order valence-corrected chi connectivity index (χ2v) is 5.61. The van der Waals surface area contributed by atoms with Crippen molar-refractivity contribution in [1.82, 2.24) is 10.6 Å². The number of hydrogen-bond acceptors (Lipinski definition) is 5. The molecule has 0 aliphatic carbocycles. The Morgan fingerprint density at radius 2 is 2.00 bits per heavy atom. The standard InChI is InChI=1S/C19H24N2O5/c1-3-4-9-26-16-8-7-14(11-17(16)24-2)19(23)21-13-18(22)20-12-15-6-5-10-25-15/h5-8,10-11H,3-4,9,12-13H2,1-2H3,(H,20,22)(H,21,23). The molecule has 7 nitrogen and oxygen atoms in total. The number of methoxy groups -OCH3 is 1. The Morgan fingerprint density at radius 3 is 2.69 bits per heavy atom. The average Bonchev–Trinajstić information content (AvgIpc) is 3.18. The Morgan fingerprint density at radius 1 is 1.15 bits per heavy atom. The third kappa shape index (κ3) is 5.84. The summed E-state index contributed by atoms with van der Waals surface area (Å²) in [7, 11) is 1.52. The van der Waals surface area contributed by atoms with Gasteiger partial charge in [0.25, 0.3) is 5.91 Å². The molecule has 7 heteroatoms. The number of ether oxygens (including phenoxy) is 2. The van der Waals surface area contributed by atoms with Gasteiger partial charge in [0.2, 0.25) is 5.91 Å². The molecule has 0 bridgehead atoms. The van der Waals surface area contributed by atoms with Crippen LogP contribution in [0.3, 0.4) is 0 Å². The maximum atomic E-state index is 12.2. The molecule has 2 amide bonds. The fraction of sp³-hybridized carbons (Fsp3) is 0.368. The van der Waals surface area contributed by atoms with E-state index in [2.05, 4.69) is 17.6 Å². The quantitative estimate of drug-likeness (QED) is 0.636. The smallest absolute Gasteiger partial charge is 0.251 e. The van der Waals surface area contributed by atoms with Gasteiger partial charge in [0.15, 0.2) is 11.5 Å². The summed E-state index contributed by atoms with van der Waals surface area (Å²) in [5, 5.41) is 5.23. The number of carbonyl (C=O) groups is 2. The van der Waals surface area contributed by atoms with Crippen molar-refractivity contribution in [2.45, 2.75) is 26.3 Å². The van der Waals surface area contributed by atoms with Gasteiger partial charge < -0.3 is 24.5 Å². The molecule has 2 aromatic rings. The number of hydrogen-bond donors (Lipinski definition) is 2. The van der Waals surface area contributed by atoms with Gasteiger partial charge >= 0.3 is 0 Å². The van der Waals surface area contributed by atoms with Crippen LogP contribution in [0.15, 0.2) is 41.0 Å². The lowest BCUT2D eigenvalue weighted by atomic mass is 10.2. The van der Waals surface area contributed by atoms with E-state index < -0.39 is 0 Å². The van der Waals surface area contributed by atoms with Gasteiger partial charge in [-0.05, 0) is 36.8 Å². The van der Waals surface area contributed by atoms with Crippen LogP contribution in [-0.2, 0) is 11.3 Å². The maximum absolute atomic E-state index is 12.2. The lowest BCUT2D eigenvalue weighted by molar-refractivity contribution is -0.120. The van der Waals surface area contributed by atoms with Gasteiger partial charge in [0.1, 0.15) is 5.76 Å². The van der Waals surface area contributed by atoms with Gasteiger partial charge in [0, 0.05) is 5.56 Å². The molecule has 0 aliphatic rings. The highest BCUT2D eigenvalue weighted by atomic mass is 16.5. The SMILES string of the molecule is CCCCOc1ccc(C(=O)NCC(=O)NCc2ccco2)cc1OC. The summed E-state index contributed by atoms with van der Waals surface area (Å²) in [6, 6.07) is 8.43. The van der Waals surface area contributed by atoms with Crippen molar-refractivity contribution in [1.29, 1.82) is 0 Å². The molecule has 2 N–H and O–H groups in total. The van der Waals surface area contributed by atoms with Crippen molar-refractivity contribution in [2.75, 3.05) is 20.3 Å². The zero-order chi connectivity index (χ0) is 18.8. The predicted octanol–water partition coefficient (Wildman–Crippen LogP) is 2.51. The summed E-state index contributed by atoms with van der Waals surface area (Å²) in [5.74, 6) is 1.05. The second kappa shape index (κ2) is 10.1. The van der Waals surface area contributed by atoms with Crippen LogP contribution >= 0.6 is 0 Å². The van der Waals surface area contributed by atoms with E-state index in [-0.39, 0.29) is 24.9 Å². The minimum Gasteiger partial charge on any atom is -0.493 e. The normalized spacial score (nSPS) is 10.2. The molecule has 0 atom stereocenters. The molecule has 0 fully saturated rings. The molecule has 0 saturated carbocycles. The van der Waals surface area contributed by atoms with Crippen LogP contribution < -0.4 is 20.1 Å². The first-order chi connectivity index (χ1) is 12.6. The van der Waals surface area contributed by atoms with Gasteiger partial charge in [-0.3, -0.25) is 9.59 Å². The van der Waals surface area contributed by atoms with Gasteiger partial charge in [-0.15, -0.1) is 0 Å². The van der Waals surface area contributed by atoms with Gasteiger partial charge in [-0.2, -0.15) is 0 Å². The summed E-state index contributed by atoms with van der Waals surface area (Å²) < 4.78 is 16.0. The average molecular weight is 360 g/mol. The van der Waals surface area contributed by atoms with Crippen LogP contribution in [-0.4, -0.2) is 32.1 Å². The molecule has 1 heterocycles. The Hall–Kier alpha value is -2.96. The molecule has 0 saturated heterocycles. The summed E-state index contributed by atoms with van der Waals surface area (Å²) in [4.78, 5) is 24.0. The molecule has 0 spiro atoms. The first-order valence-corrected chi connectivity index (χ1v) is 8.52. The minimum absolute atomic E-state index is 0.128. The maximum Gasteiger partial charge on any atom is 0.251 e. The highest BCUT2D eigenvalue weighted by Crippen LogP contribution is 2.28. The Balaban J connectivity index is 1.85. The Labute approximate surface area is 152 Å². The summed E-state index contributed by atoms with van der Waals surface area (Å²) in [5.41, 5.74) is 0.392. The van der Waals surface area contributed by atoms with Gasteiger partial charge in [0.05, 0.1) is 33.1 Å². The Kier molecular flexibility index (Phi) is 7.54. The van der Waals surface area contributed by atoms with Crippen molar-refractivity contribution in [3.8, 4) is 11.5 Å². The second-order valence-electron chi connectivity index (χ2n) is 5.61. The number of unbranched alkanes of at least 4 members (excludes halogenated alkanes) is 1. The molecule has 26 heavy (non-hydrogen) atoms. The van der Waals surface area contributed by atoms with E-state index in [4.69, 9.17) is 13.9 Å². The summed E-state index contributed by atoms with van der Waals surface area (Å²) >= 11 is 0. The van der Waals surface area contributed by atoms with Crippen LogP contribution in [0.5, 0.6) is 11.5 Å². The fourth-order valence-corrected chi connectivity index (χ4v) is 2.18. The number of amides is 2. The highest BCUT2D eigenvalue weighted by molar-refractivity contribution is 5.97. The highest BCUT2D eigenvalue weighted by Gasteiger charge is 2.12. The Bertz CT molecular complexity index is 713. The van der Waals surface area contributed by atoms with Crippen LogP contribution in [0.25, 0.3) is 0 Å². The van der Waals surface area contributed by atoms with Crippen LogP contribution in [0.4, 0.5) is 0 Å². The van der Waals surface area contributed by atoms with E-state index in [9.17, 15) is 9.59 Å². The van der Waals surface area contributed by atoms with E-state index in [1.54, 1.807) is 30.3 Å². The molecular weight excluding hydrogens is 336 g/mol. The first kappa shape index (κ1) is 19.4. The lowest BCUT2D eigenvalue weighted by Gasteiger charge is -2.12. The third-order valence-electron chi connectivity index (χ3n) is 3.63. The molecule has 0 radical (unpaired) electrons. The largest absolute Gasteiger partial charge is 0.493 e. The van der Waals surface area contributed by atoms with Gasteiger partial charge in [-0.1, -0.05) is 13.3 Å². The number of rotatable bonds is 10. The molecule has 140 valence electrons. The monoisotopic (exact) mass is 360 g/mol. The molecule has 0 aliphatic heterocycles. The topological polar surface area (TPSA) is 89.8 Å². The van der Waals surface area contributed by atoms with E-state index in [1.165, 1.54) is 13.4 Å². The van der Waals surface area contributed by atoms with Crippen molar-refractivity contribution in [2.24, 2.45) is 0 Å². The first-order valence-electron chi connectivity index (χ1n) is 8.52. The summed E-state index contributed by atoms with van der Waals surface area (Å²) in [6.45, 7) is 2.82. The van der Waals surface area contributed by atoms with Crippen molar-refractivity contribution in [3.05, 3.63) is 47.9 Å². The predicted molar refractivity (Wildman–Crippen MR) is 96.3 cm³/mol. The zero-order valence-electron chi connectivity index (χ0n) is 15.0. The van der Waals surface area contributed by atoms with E-state index >= 15 is 0 Å². The number of carbonyl (C=O) groups excluding carboxylic acids is 2. The van der Waals surface area contributed by atoms with Crippen LogP contribution in [0, 0.1) is 0 Å². The van der Waals surface area contributed by atoms with E-state index in [0.29, 0.717) is 29.4 Å². The molecule has 1 aromatic carbocycles. The van der Waals surface area contributed by atoms with Gasteiger partial charge in [-0.25, -0.2) is 0 Å². The minimum atomic E-state index is -0.364. The lowest BCUT2D eigenvalue weighted by Crippen LogP contribution is -2.36. The van der Waals surface area contributed by atoms with E-state index in [1.807, 2.05) is 0 Å². The molecule has 1 aromatic heterocycles. The van der Waals surface area contributed by atoms with E-state index in [0.717, 1.165) is 12.8 Å².